The lowest BCUT2D eigenvalue weighted by molar-refractivity contribution is -0.143. The summed E-state index contributed by atoms with van der Waals surface area (Å²) in [5.74, 6) is -0.0137. The third-order valence-electron chi connectivity index (χ3n) is 4.00. The average molecular weight is 241 g/mol. The summed E-state index contributed by atoms with van der Waals surface area (Å²) in [6.07, 6.45) is 5.51. The lowest BCUT2D eigenvalue weighted by Crippen LogP contribution is -2.39. The molecule has 2 aliphatic rings. The molecule has 0 aliphatic heterocycles. The van der Waals surface area contributed by atoms with Gasteiger partial charge in [0.05, 0.1) is 12.5 Å². The van der Waals surface area contributed by atoms with Gasteiger partial charge < -0.3 is 14.7 Å². The van der Waals surface area contributed by atoms with Crippen molar-refractivity contribution in [2.24, 2.45) is 11.8 Å². The van der Waals surface area contributed by atoms with Crippen LogP contribution in [-0.4, -0.2) is 48.8 Å². The van der Waals surface area contributed by atoms with E-state index >= 15 is 0 Å². The van der Waals surface area contributed by atoms with Crippen molar-refractivity contribution < 1.29 is 14.6 Å². The largest absolute Gasteiger partial charge is 0.481 e. The average Bonchev–Trinajstić information content (AvgIpc) is 2.97. The Balaban J connectivity index is 1.66. The summed E-state index contributed by atoms with van der Waals surface area (Å²) < 4.78 is 5.59. The Hall–Kier alpha value is -0.610. The van der Waals surface area contributed by atoms with Gasteiger partial charge in [-0.3, -0.25) is 4.79 Å². The quantitative estimate of drug-likeness (QED) is 0.688. The summed E-state index contributed by atoms with van der Waals surface area (Å²) >= 11 is 0. The maximum atomic E-state index is 11.1. The van der Waals surface area contributed by atoms with E-state index in [2.05, 4.69) is 4.90 Å². The predicted octanol–water partition coefficient (Wildman–Crippen LogP) is 1.60. The van der Waals surface area contributed by atoms with Gasteiger partial charge in [0.15, 0.2) is 0 Å². The van der Waals surface area contributed by atoms with Gasteiger partial charge in [-0.2, -0.15) is 0 Å². The van der Waals surface area contributed by atoms with Crippen LogP contribution in [-0.2, 0) is 9.53 Å². The zero-order valence-electron chi connectivity index (χ0n) is 10.6. The summed E-state index contributed by atoms with van der Waals surface area (Å²) in [6.45, 7) is 2.47. The van der Waals surface area contributed by atoms with E-state index < -0.39 is 5.97 Å². The number of carbonyl (C=O) groups is 1. The standard InChI is InChI=1S/C13H23NO3/c1-14(7-8-17-9-10-5-6-10)12-4-2-3-11(12)13(15)16/h10-12H,2-9H2,1H3,(H,15,16). The number of hydrogen-bond donors (Lipinski definition) is 1. The maximum Gasteiger partial charge on any atom is 0.308 e. The summed E-state index contributed by atoms with van der Waals surface area (Å²) in [7, 11) is 2.02. The first kappa shape index (κ1) is 12.8. The molecule has 2 rings (SSSR count). The summed E-state index contributed by atoms with van der Waals surface area (Å²) in [5, 5.41) is 9.13. The van der Waals surface area contributed by atoms with Crippen molar-refractivity contribution in [2.75, 3.05) is 26.8 Å². The summed E-state index contributed by atoms with van der Waals surface area (Å²) in [5.41, 5.74) is 0. The van der Waals surface area contributed by atoms with Crippen molar-refractivity contribution in [1.82, 2.24) is 4.90 Å². The van der Waals surface area contributed by atoms with E-state index in [1.807, 2.05) is 7.05 Å². The van der Waals surface area contributed by atoms with Gasteiger partial charge in [-0.05, 0) is 38.6 Å². The molecule has 2 atom stereocenters. The van der Waals surface area contributed by atoms with E-state index in [0.717, 1.165) is 44.9 Å². The fraction of sp³-hybridized carbons (Fsp3) is 0.923. The van der Waals surface area contributed by atoms with E-state index in [9.17, 15) is 4.79 Å². The van der Waals surface area contributed by atoms with Crippen LogP contribution in [0.1, 0.15) is 32.1 Å². The monoisotopic (exact) mass is 241 g/mol. The van der Waals surface area contributed by atoms with Crippen molar-refractivity contribution in [3.63, 3.8) is 0 Å². The zero-order valence-corrected chi connectivity index (χ0v) is 10.6. The number of ether oxygens (including phenoxy) is 1. The van der Waals surface area contributed by atoms with E-state index in [4.69, 9.17) is 9.84 Å². The van der Waals surface area contributed by atoms with Gasteiger partial charge in [0.25, 0.3) is 0 Å². The van der Waals surface area contributed by atoms with Crippen LogP contribution in [0.15, 0.2) is 0 Å². The van der Waals surface area contributed by atoms with Gasteiger partial charge in [-0.1, -0.05) is 6.42 Å². The van der Waals surface area contributed by atoms with Crippen LogP contribution < -0.4 is 0 Å². The van der Waals surface area contributed by atoms with Crippen LogP contribution in [0.2, 0.25) is 0 Å². The molecule has 2 aliphatic carbocycles. The molecule has 1 N–H and O–H groups in total. The number of rotatable bonds is 7. The Labute approximate surface area is 103 Å². The second-order valence-electron chi connectivity index (χ2n) is 5.44. The summed E-state index contributed by atoms with van der Waals surface area (Å²) in [4.78, 5) is 13.3. The van der Waals surface area contributed by atoms with E-state index in [1.165, 1.54) is 12.8 Å². The molecule has 0 bridgehead atoms. The first-order chi connectivity index (χ1) is 8.18. The van der Waals surface area contributed by atoms with Crippen LogP contribution in [0.3, 0.4) is 0 Å². The Bertz CT molecular complexity index is 265. The molecular weight excluding hydrogens is 218 g/mol. The molecule has 2 fully saturated rings. The van der Waals surface area contributed by atoms with E-state index in [-0.39, 0.29) is 12.0 Å². The van der Waals surface area contributed by atoms with Gasteiger partial charge in [0.2, 0.25) is 0 Å². The highest BCUT2D eigenvalue weighted by Gasteiger charge is 2.35. The minimum Gasteiger partial charge on any atom is -0.481 e. The second-order valence-corrected chi connectivity index (χ2v) is 5.44. The number of hydrogen-bond acceptors (Lipinski definition) is 3. The lowest BCUT2D eigenvalue weighted by atomic mass is 10.0. The highest BCUT2D eigenvalue weighted by atomic mass is 16.5. The van der Waals surface area contributed by atoms with Gasteiger partial charge in [-0.15, -0.1) is 0 Å². The number of nitrogens with zero attached hydrogens (tertiary/aromatic N) is 1. The van der Waals surface area contributed by atoms with Crippen LogP contribution >= 0.6 is 0 Å². The smallest absolute Gasteiger partial charge is 0.308 e. The normalized spacial score (nSPS) is 28.8. The second kappa shape index (κ2) is 5.83. The van der Waals surface area contributed by atoms with Crippen molar-refractivity contribution in [3.8, 4) is 0 Å². The topological polar surface area (TPSA) is 49.8 Å². The third-order valence-corrected chi connectivity index (χ3v) is 4.00. The number of likely N-dealkylation sites (N-methyl/N-ethyl adjacent to an activating group) is 1. The molecule has 98 valence electrons. The molecule has 0 aromatic heterocycles. The number of aliphatic carboxylic acids is 1. The first-order valence-corrected chi connectivity index (χ1v) is 6.69. The minimum atomic E-state index is -0.641. The molecule has 0 aromatic rings. The zero-order chi connectivity index (χ0) is 12.3. The summed E-state index contributed by atoms with van der Waals surface area (Å²) in [6, 6.07) is 0.206. The molecule has 0 amide bonds. The first-order valence-electron chi connectivity index (χ1n) is 6.69. The Morgan fingerprint density at radius 2 is 2.12 bits per heavy atom. The van der Waals surface area contributed by atoms with E-state index in [1.54, 1.807) is 0 Å². The van der Waals surface area contributed by atoms with Crippen LogP contribution in [0, 0.1) is 11.8 Å². The molecule has 0 heterocycles. The van der Waals surface area contributed by atoms with Crippen LogP contribution in [0.4, 0.5) is 0 Å². The molecule has 4 heteroatoms. The Morgan fingerprint density at radius 3 is 2.76 bits per heavy atom. The molecular formula is C13H23NO3. The van der Waals surface area contributed by atoms with E-state index in [0.29, 0.717) is 0 Å². The predicted molar refractivity (Wildman–Crippen MR) is 64.9 cm³/mol. The maximum absolute atomic E-state index is 11.1. The highest BCUT2D eigenvalue weighted by Crippen LogP contribution is 2.30. The van der Waals surface area contributed by atoms with Gasteiger partial charge in [0, 0.05) is 19.2 Å². The fourth-order valence-corrected chi connectivity index (χ4v) is 2.66. The molecule has 0 spiro atoms. The van der Waals surface area contributed by atoms with Crippen LogP contribution in [0.25, 0.3) is 0 Å². The molecule has 4 nitrogen and oxygen atoms in total. The number of carboxylic acid groups (broad SMARTS) is 1. The van der Waals surface area contributed by atoms with Crippen molar-refractivity contribution in [3.05, 3.63) is 0 Å². The molecule has 0 aromatic carbocycles. The molecule has 0 radical (unpaired) electrons. The lowest BCUT2D eigenvalue weighted by Gasteiger charge is -2.27. The highest BCUT2D eigenvalue weighted by molar-refractivity contribution is 5.71. The van der Waals surface area contributed by atoms with Gasteiger partial charge in [-0.25, -0.2) is 0 Å². The molecule has 2 saturated carbocycles. The molecule has 0 saturated heterocycles. The number of carboxylic acids is 1. The SMILES string of the molecule is CN(CCOCC1CC1)C1CCCC1C(=O)O. The fourth-order valence-electron chi connectivity index (χ4n) is 2.66. The van der Waals surface area contributed by atoms with Gasteiger partial charge in [0.1, 0.15) is 0 Å². The van der Waals surface area contributed by atoms with Crippen molar-refractivity contribution >= 4 is 5.97 Å². The van der Waals surface area contributed by atoms with Crippen LogP contribution in [0.5, 0.6) is 0 Å². The minimum absolute atomic E-state index is 0.177. The third kappa shape index (κ3) is 3.68. The molecule has 2 unspecified atom stereocenters. The Kier molecular flexibility index (Phi) is 4.40. The van der Waals surface area contributed by atoms with Crippen molar-refractivity contribution in [2.45, 2.75) is 38.1 Å². The van der Waals surface area contributed by atoms with Gasteiger partial charge >= 0.3 is 5.97 Å². The van der Waals surface area contributed by atoms with Crippen molar-refractivity contribution in [1.29, 1.82) is 0 Å². The Morgan fingerprint density at radius 1 is 1.35 bits per heavy atom. The molecule has 17 heavy (non-hydrogen) atoms.